The summed E-state index contributed by atoms with van der Waals surface area (Å²) in [6, 6.07) is 88.3. The van der Waals surface area contributed by atoms with Gasteiger partial charge in [-0.2, -0.15) is 0 Å². The zero-order valence-electron chi connectivity index (χ0n) is 36.5. The third-order valence-electron chi connectivity index (χ3n) is 14.7. The van der Waals surface area contributed by atoms with Crippen LogP contribution in [-0.4, -0.2) is 0 Å². The molecule has 0 radical (unpaired) electrons. The van der Waals surface area contributed by atoms with Gasteiger partial charge < -0.3 is 4.90 Å². The Morgan fingerprint density at radius 1 is 0.262 bits per heavy atom. The first kappa shape index (κ1) is 37.5. The number of nitrogens with zero attached hydrogens (tertiary/aromatic N) is 1. The molecule has 0 fully saturated rings. The Bertz CT molecular complexity index is 3460. The Kier molecular flexibility index (Phi) is 8.24. The number of anilines is 3. The van der Waals surface area contributed by atoms with Crippen LogP contribution in [0.3, 0.4) is 0 Å². The molecule has 0 amide bonds. The lowest BCUT2D eigenvalue weighted by Gasteiger charge is -2.33. The molecule has 0 N–H and O–H groups in total. The predicted molar refractivity (Wildman–Crippen MR) is 271 cm³/mol. The maximum absolute atomic E-state index is 2.53. The molecule has 0 unspecified atom stereocenters. The van der Waals surface area contributed by atoms with Gasteiger partial charge in [0.2, 0.25) is 0 Å². The lowest BCUT2D eigenvalue weighted by atomic mass is 9.70. The van der Waals surface area contributed by atoms with Crippen molar-refractivity contribution in [3.05, 3.63) is 270 Å². The number of hydrogen-bond acceptors (Lipinski definition) is 1. The standard InChI is InChI=1S/C64H45N/c1-63(2)56-25-13-9-22-50(56)53-37-34-47(40-59(53)63)65(62-28-16-12-21-49(62)45-19-7-4-8-20-45)48-35-38-55-54-36-33-46(44-31-29-43(30-32-44)42-17-5-3-6-18-42)39-60(54)64(61(55)41-48)57-26-14-10-23-51(57)52-24-11-15-27-58(52)64/h3-41H,1-2H3. The fourth-order valence-electron chi connectivity index (χ4n) is 11.7. The molecule has 3 aliphatic carbocycles. The summed E-state index contributed by atoms with van der Waals surface area (Å²) in [4.78, 5) is 2.52. The Hall–Kier alpha value is -8.00. The van der Waals surface area contributed by atoms with Crippen LogP contribution in [-0.2, 0) is 10.8 Å². The van der Waals surface area contributed by atoms with Crippen molar-refractivity contribution in [3.8, 4) is 66.8 Å². The highest BCUT2D eigenvalue weighted by Crippen LogP contribution is 2.64. The van der Waals surface area contributed by atoms with Crippen molar-refractivity contribution < 1.29 is 0 Å². The molecule has 10 aromatic rings. The summed E-state index contributed by atoms with van der Waals surface area (Å²) in [7, 11) is 0. The summed E-state index contributed by atoms with van der Waals surface area (Å²) >= 11 is 0. The Labute approximate surface area is 381 Å². The molecule has 13 rings (SSSR count). The van der Waals surface area contributed by atoms with Crippen molar-refractivity contribution >= 4 is 17.1 Å². The first-order valence-corrected chi connectivity index (χ1v) is 22.8. The van der Waals surface area contributed by atoms with Crippen LogP contribution < -0.4 is 4.90 Å². The quantitative estimate of drug-likeness (QED) is 0.161. The van der Waals surface area contributed by atoms with Gasteiger partial charge >= 0.3 is 0 Å². The van der Waals surface area contributed by atoms with Gasteiger partial charge in [0.1, 0.15) is 0 Å². The van der Waals surface area contributed by atoms with E-state index in [0.29, 0.717) is 0 Å². The van der Waals surface area contributed by atoms with Gasteiger partial charge in [0, 0.05) is 22.4 Å². The normalized spacial score (nSPS) is 13.9. The number of fused-ring (bicyclic) bond motifs is 13. The fraction of sp³-hybridized carbons (Fsp3) is 0.0625. The van der Waals surface area contributed by atoms with Crippen LogP contribution in [0.2, 0.25) is 0 Å². The Balaban J connectivity index is 1.05. The molecule has 0 heterocycles. The van der Waals surface area contributed by atoms with E-state index in [4.69, 9.17) is 0 Å². The van der Waals surface area contributed by atoms with Gasteiger partial charge in [0.25, 0.3) is 0 Å². The van der Waals surface area contributed by atoms with Crippen LogP contribution in [0, 0.1) is 0 Å². The van der Waals surface area contributed by atoms with E-state index in [2.05, 4.69) is 255 Å². The van der Waals surface area contributed by atoms with Gasteiger partial charge in [-0.15, -0.1) is 0 Å². The largest absolute Gasteiger partial charge is 0.310 e. The fourth-order valence-corrected chi connectivity index (χ4v) is 11.7. The topological polar surface area (TPSA) is 3.24 Å². The highest BCUT2D eigenvalue weighted by Gasteiger charge is 2.52. The first-order valence-electron chi connectivity index (χ1n) is 22.8. The Morgan fingerprint density at radius 2 is 0.646 bits per heavy atom. The molecule has 65 heavy (non-hydrogen) atoms. The number of rotatable bonds is 6. The van der Waals surface area contributed by atoms with E-state index in [0.717, 1.165) is 17.1 Å². The van der Waals surface area contributed by atoms with E-state index in [1.165, 1.54) is 100 Å². The van der Waals surface area contributed by atoms with Crippen LogP contribution in [0.1, 0.15) is 47.2 Å². The first-order chi connectivity index (χ1) is 32.0. The summed E-state index contributed by atoms with van der Waals surface area (Å²) in [5.41, 5.74) is 25.9. The molecular formula is C64H45N. The average Bonchev–Trinajstić information content (AvgIpc) is 3.92. The zero-order chi connectivity index (χ0) is 43.3. The van der Waals surface area contributed by atoms with Crippen LogP contribution in [0.15, 0.2) is 237 Å². The summed E-state index contributed by atoms with van der Waals surface area (Å²) < 4.78 is 0. The smallest absolute Gasteiger partial charge is 0.0726 e. The minimum absolute atomic E-state index is 0.146. The van der Waals surface area contributed by atoms with E-state index in [9.17, 15) is 0 Å². The zero-order valence-corrected chi connectivity index (χ0v) is 36.5. The summed E-state index contributed by atoms with van der Waals surface area (Å²) in [5.74, 6) is 0. The van der Waals surface area contributed by atoms with Gasteiger partial charge in [-0.25, -0.2) is 0 Å². The van der Waals surface area contributed by atoms with E-state index in [-0.39, 0.29) is 5.41 Å². The van der Waals surface area contributed by atoms with Gasteiger partial charge in [0.15, 0.2) is 0 Å². The third-order valence-corrected chi connectivity index (χ3v) is 14.7. The molecule has 1 spiro atoms. The molecule has 0 saturated carbocycles. The second-order valence-corrected chi connectivity index (χ2v) is 18.4. The van der Waals surface area contributed by atoms with E-state index in [1.807, 2.05) is 0 Å². The molecule has 306 valence electrons. The van der Waals surface area contributed by atoms with Crippen molar-refractivity contribution in [2.45, 2.75) is 24.7 Å². The van der Waals surface area contributed by atoms with Crippen LogP contribution in [0.5, 0.6) is 0 Å². The van der Waals surface area contributed by atoms with Crippen molar-refractivity contribution in [1.29, 1.82) is 0 Å². The number of hydrogen-bond donors (Lipinski definition) is 0. The maximum atomic E-state index is 2.53. The van der Waals surface area contributed by atoms with Crippen LogP contribution >= 0.6 is 0 Å². The third kappa shape index (κ3) is 5.46. The van der Waals surface area contributed by atoms with Crippen molar-refractivity contribution in [1.82, 2.24) is 0 Å². The SMILES string of the molecule is CC1(C)c2ccccc2-c2ccc(N(c3ccc4c(c3)C3(c5ccccc5-c5ccccc53)c3cc(-c5ccc(-c6ccccc6)cc5)ccc3-4)c3ccccc3-c3ccccc3)cc21. The van der Waals surface area contributed by atoms with Crippen molar-refractivity contribution in [3.63, 3.8) is 0 Å². The highest BCUT2D eigenvalue weighted by atomic mass is 15.1. The number of benzene rings is 10. The lowest BCUT2D eigenvalue weighted by Crippen LogP contribution is -2.26. The molecule has 3 aliphatic rings. The minimum Gasteiger partial charge on any atom is -0.310 e. The Morgan fingerprint density at radius 3 is 1.26 bits per heavy atom. The van der Waals surface area contributed by atoms with Crippen molar-refractivity contribution in [2.75, 3.05) is 4.90 Å². The van der Waals surface area contributed by atoms with Crippen molar-refractivity contribution in [2.24, 2.45) is 0 Å². The molecule has 10 aromatic carbocycles. The average molecular weight is 828 g/mol. The molecular weight excluding hydrogens is 783 g/mol. The molecule has 0 bridgehead atoms. The minimum atomic E-state index is -0.528. The second kappa shape index (κ2) is 14.3. The van der Waals surface area contributed by atoms with E-state index < -0.39 is 5.41 Å². The summed E-state index contributed by atoms with van der Waals surface area (Å²) in [6.45, 7) is 4.75. The van der Waals surface area contributed by atoms with E-state index >= 15 is 0 Å². The predicted octanol–water partition coefficient (Wildman–Crippen LogP) is 16.8. The molecule has 0 atom stereocenters. The monoisotopic (exact) mass is 827 g/mol. The van der Waals surface area contributed by atoms with Crippen LogP contribution in [0.4, 0.5) is 17.1 Å². The van der Waals surface area contributed by atoms with Crippen LogP contribution in [0.25, 0.3) is 66.8 Å². The highest BCUT2D eigenvalue weighted by molar-refractivity contribution is 5.98. The molecule has 0 aromatic heterocycles. The van der Waals surface area contributed by atoms with Gasteiger partial charge in [-0.1, -0.05) is 214 Å². The second-order valence-electron chi connectivity index (χ2n) is 18.4. The molecule has 0 aliphatic heterocycles. The van der Waals surface area contributed by atoms with E-state index in [1.54, 1.807) is 0 Å². The molecule has 1 heteroatoms. The molecule has 1 nitrogen and oxygen atoms in total. The number of para-hydroxylation sites is 1. The maximum Gasteiger partial charge on any atom is 0.0726 e. The summed E-state index contributed by atoms with van der Waals surface area (Å²) in [5, 5.41) is 0. The summed E-state index contributed by atoms with van der Waals surface area (Å²) in [6.07, 6.45) is 0. The van der Waals surface area contributed by atoms with Gasteiger partial charge in [0.05, 0.1) is 11.1 Å². The lowest BCUT2D eigenvalue weighted by molar-refractivity contribution is 0.660. The van der Waals surface area contributed by atoms with Gasteiger partial charge in [-0.05, 0) is 131 Å². The van der Waals surface area contributed by atoms with Gasteiger partial charge in [-0.3, -0.25) is 0 Å². The molecule has 0 saturated heterocycles.